The number of pyridine rings is 1. The minimum absolute atomic E-state index is 0.0504. The Labute approximate surface area is 172 Å². The van der Waals surface area contributed by atoms with Crippen LogP contribution in [-0.4, -0.2) is 17.1 Å². The van der Waals surface area contributed by atoms with Crippen molar-refractivity contribution < 1.29 is 22.7 Å². The van der Waals surface area contributed by atoms with Gasteiger partial charge in [-0.15, -0.1) is 0 Å². The van der Waals surface area contributed by atoms with E-state index >= 15 is 0 Å². The van der Waals surface area contributed by atoms with Crippen LogP contribution in [0.25, 0.3) is 11.1 Å². The van der Waals surface area contributed by atoms with Gasteiger partial charge in [-0.3, -0.25) is 9.78 Å². The summed E-state index contributed by atoms with van der Waals surface area (Å²) in [6.07, 6.45) is -0.246. The lowest BCUT2D eigenvalue weighted by atomic mass is 9.98. The predicted octanol–water partition coefficient (Wildman–Crippen LogP) is 6.06. The van der Waals surface area contributed by atoms with Gasteiger partial charge in [0.2, 0.25) is 0 Å². The highest BCUT2D eigenvalue weighted by Gasteiger charge is 2.62. The molecule has 1 fully saturated rings. The van der Waals surface area contributed by atoms with Gasteiger partial charge in [-0.2, -0.15) is 13.2 Å². The molecule has 1 aromatic carbocycles. The summed E-state index contributed by atoms with van der Waals surface area (Å²) in [5.41, 5.74) is 3.10. The summed E-state index contributed by atoms with van der Waals surface area (Å²) in [6, 6.07) is 9.48. The van der Waals surface area contributed by atoms with Gasteiger partial charge in [0.15, 0.2) is 0 Å². The van der Waals surface area contributed by atoms with Crippen molar-refractivity contribution >= 4 is 17.6 Å². The third-order valence-electron chi connectivity index (χ3n) is 5.55. The number of carbonyl (C=O) groups is 1. The molecule has 0 amide bonds. The second kappa shape index (κ2) is 7.82. The highest BCUT2D eigenvalue weighted by atomic mass is 35.5. The fraction of sp³-hybridized carbons (Fsp3) is 0.364. The third kappa shape index (κ3) is 4.47. The zero-order valence-corrected chi connectivity index (χ0v) is 17.0. The largest absolute Gasteiger partial charge is 0.461 e. The topological polar surface area (TPSA) is 39.2 Å². The summed E-state index contributed by atoms with van der Waals surface area (Å²) < 4.78 is 43.5. The lowest BCUT2D eigenvalue weighted by Crippen LogP contribution is -2.11. The van der Waals surface area contributed by atoms with Gasteiger partial charge in [0.25, 0.3) is 0 Å². The molecule has 1 saturated carbocycles. The van der Waals surface area contributed by atoms with Gasteiger partial charge < -0.3 is 4.74 Å². The number of nitrogens with zero attached hydrogens (tertiary/aromatic N) is 1. The molecule has 0 spiro atoms. The van der Waals surface area contributed by atoms with Crippen molar-refractivity contribution in [1.29, 1.82) is 0 Å². The summed E-state index contributed by atoms with van der Waals surface area (Å²) in [7, 11) is 0. The molecule has 29 heavy (non-hydrogen) atoms. The molecule has 7 heteroatoms. The van der Waals surface area contributed by atoms with E-state index in [9.17, 15) is 18.0 Å². The summed E-state index contributed by atoms with van der Waals surface area (Å²) in [5.74, 6) is -1.78. The van der Waals surface area contributed by atoms with Gasteiger partial charge in [0, 0.05) is 18.0 Å². The first-order chi connectivity index (χ1) is 13.5. The van der Waals surface area contributed by atoms with Gasteiger partial charge in [-0.05, 0) is 41.0 Å². The van der Waals surface area contributed by atoms with Gasteiger partial charge in [0.1, 0.15) is 11.6 Å². The van der Waals surface area contributed by atoms with Crippen molar-refractivity contribution in [1.82, 2.24) is 4.98 Å². The Kier molecular flexibility index (Phi) is 5.77. The molecule has 3 rings (SSSR count). The zero-order chi connectivity index (χ0) is 21.4. The summed E-state index contributed by atoms with van der Waals surface area (Å²) in [5, 5.41) is -1.20. The summed E-state index contributed by atoms with van der Waals surface area (Å²) in [4.78, 5) is 16.6. The van der Waals surface area contributed by atoms with Crippen LogP contribution in [0.2, 0.25) is 0 Å². The van der Waals surface area contributed by atoms with E-state index in [2.05, 4.69) is 4.98 Å². The molecule has 154 valence electrons. The minimum atomic E-state index is -4.61. The van der Waals surface area contributed by atoms with E-state index in [1.165, 1.54) is 0 Å². The Morgan fingerprint density at radius 1 is 1.28 bits per heavy atom. The van der Waals surface area contributed by atoms with Crippen LogP contribution in [0.1, 0.15) is 25.0 Å². The number of hydrogen-bond acceptors (Lipinski definition) is 3. The Morgan fingerprint density at radius 2 is 2.00 bits per heavy atom. The van der Waals surface area contributed by atoms with Crippen LogP contribution in [0.15, 0.2) is 53.8 Å². The van der Waals surface area contributed by atoms with E-state index in [1.807, 2.05) is 37.3 Å². The molecule has 3 nitrogen and oxygen atoms in total. The molecular formula is C22H21ClF3NO2. The molecule has 1 aliphatic rings. The first-order valence-electron chi connectivity index (χ1n) is 9.13. The highest BCUT2D eigenvalue weighted by Crippen LogP contribution is 2.60. The number of esters is 1. The van der Waals surface area contributed by atoms with Crippen molar-refractivity contribution in [3.63, 3.8) is 0 Å². The van der Waals surface area contributed by atoms with Gasteiger partial charge in [-0.25, -0.2) is 0 Å². The van der Waals surface area contributed by atoms with E-state index in [4.69, 9.17) is 16.3 Å². The van der Waals surface area contributed by atoms with Crippen LogP contribution in [-0.2, 0) is 16.1 Å². The van der Waals surface area contributed by atoms with Gasteiger partial charge in [-0.1, -0.05) is 55.8 Å². The number of hydrogen-bond donors (Lipinski definition) is 0. The number of alkyl halides is 3. The molecule has 0 bridgehead atoms. The Morgan fingerprint density at radius 3 is 2.62 bits per heavy atom. The average Bonchev–Trinajstić information content (AvgIpc) is 3.20. The SMILES string of the molecule is Cc1c(COC(=O)C2C(/C=C(/Cl)C(F)(F)F)C2(C)C)cccc1-c1cccnc1. The molecular weight excluding hydrogens is 403 g/mol. The molecule has 2 atom stereocenters. The van der Waals surface area contributed by atoms with Crippen molar-refractivity contribution in [2.45, 2.75) is 33.6 Å². The maximum absolute atomic E-state index is 12.7. The maximum Gasteiger partial charge on any atom is 0.426 e. The van der Waals surface area contributed by atoms with Crippen molar-refractivity contribution in [3.05, 3.63) is 65.0 Å². The van der Waals surface area contributed by atoms with Crippen LogP contribution in [0.4, 0.5) is 13.2 Å². The molecule has 0 radical (unpaired) electrons. The number of allylic oxidation sites excluding steroid dienone is 2. The first-order valence-corrected chi connectivity index (χ1v) is 9.51. The summed E-state index contributed by atoms with van der Waals surface area (Å²) in [6.45, 7) is 5.44. The standard InChI is InChI=1S/C22H21ClF3NO2/c1-13-15(6-4-8-16(13)14-7-5-9-27-11-14)12-29-20(28)19-17(21(19,2)3)10-18(23)22(24,25)26/h4-11,17,19H,12H2,1-3H3/b18-10+. The number of rotatable bonds is 5. The van der Waals surface area contributed by atoms with Crippen LogP contribution >= 0.6 is 11.6 Å². The lowest BCUT2D eigenvalue weighted by Gasteiger charge is -2.12. The number of ether oxygens (including phenoxy) is 1. The van der Waals surface area contributed by atoms with Crippen molar-refractivity contribution in [3.8, 4) is 11.1 Å². The highest BCUT2D eigenvalue weighted by molar-refractivity contribution is 6.30. The first kappa shape index (κ1) is 21.4. The van der Waals surface area contributed by atoms with E-state index in [-0.39, 0.29) is 6.61 Å². The quantitative estimate of drug-likeness (QED) is 0.549. The predicted molar refractivity (Wildman–Crippen MR) is 105 cm³/mol. The van der Waals surface area contributed by atoms with Crippen molar-refractivity contribution in [2.75, 3.05) is 0 Å². The second-order valence-electron chi connectivity index (χ2n) is 7.78. The average molecular weight is 424 g/mol. The molecule has 0 aliphatic heterocycles. The molecule has 1 aromatic heterocycles. The lowest BCUT2D eigenvalue weighted by molar-refractivity contribution is -0.147. The zero-order valence-electron chi connectivity index (χ0n) is 16.3. The summed E-state index contributed by atoms with van der Waals surface area (Å²) >= 11 is 5.34. The molecule has 0 N–H and O–H groups in total. The monoisotopic (exact) mass is 423 g/mol. The normalized spacial score (nSPS) is 21.0. The molecule has 0 saturated heterocycles. The van der Waals surface area contributed by atoms with Crippen LogP contribution < -0.4 is 0 Å². The van der Waals surface area contributed by atoms with Gasteiger partial charge in [0.05, 0.1) is 5.92 Å². The number of benzene rings is 1. The Bertz CT molecular complexity index is 939. The Balaban J connectivity index is 1.70. The third-order valence-corrected chi connectivity index (χ3v) is 5.89. The van der Waals surface area contributed by atoms with E-state index in [1.54, 1.807) is 26.2 Å². The van der Waals surface area contributed by atoms with E-state index in [0.29, 0.717) is 0 Å². The number of halogens is 4. The van der Waals surface area contributed by atoms with Crippen LogP contribution in [0.5, 0.6) is 0 Å². The molecule has 1 heterocycles. The molecule has 2 unspecified atom stereocenters. The van der Waals surface area contributed by atoms with E-state index < -0.39 is 34.4 Å². The maximum atomic E-state index is 12.7. The minimum Gasteiger partial charge on any atom is -0.461 e. The van der Waals surface area contributed by atoms with E-state index in [0.717, 1.165) is 28.3 Å². The van der Waals surface area contributed by atoms with Crippen LogP contribution in [0.3, 0.4) is 0 Å². The fourth-order valence-electron chi connectivity index (χ4n) is 3.60. The van der Waals surface area contributed by atoms with Gasteiger partial charge >= 0.3 is 12.1 Å². The van der Waals surface area contributed by atoms with Crippen LogP contribution in [0, 0.1) is 24.2 Å². The Hall–Kier alpha value is -2.34. The second-order valence-corrected chi connectivity index (χ2v) is 8.18. The number of carbonyl (C=O) groups excluding carboxylic acids is 1. The smallest absolute Gasteiger partial charge is 0.426 e. The van der Waals surface area contributed by atoms with Crippen molar-refractivity contribution in [2.24, 2.45) is 17.3 Å². The molecule has 2 aromatic rings. The molecule has 1 aliphatic carbocycles. The number of aromatic nitrogens is 1. The fourth-order valence-corrected chi connectivity index (χ4v) is 3.74.